The van der Waals surface area contributed by atoms with Crippen LogP contribution in [0.3, 0.4) is 0 Å². The number of hydrogen-bond donors (Lipinski definition) is 0. The number of aromatic nitrogens is 1. The SMILES string of the molecule is CCCC#Cc1ccc(-c2ccc(Cl)c(F)c2)nc1. The molecule has 0 radical (unpaired) electrons. The average Bonchev–Trinajstić information content (AvgIpc) is 2.43. The average molecular weight is 274 g/mol. The third kappa shape index (κ3) is 3.56. The third-order valence-electron chi connectivity index (χ3n) is 2.59. The van der Waals surface area contributed by atoms with E-state index in [0.717, 1.165) is 18.4 Å². The molecule has 2 rings (SSSR count). The zero-order valence-electron chi connectivity index (χ0n) is 10.6. The van der Waals surface area contributed by atoms with Crippen LogP contribution in [0.25, 0.3) is 11.3 Å². The summed E-state index contributed by atoms with van der Waals surface area (Å²) in [6, 6.07) is 8.38. The maximum Gasteiger partial charge on any atom is 0.142 e. The summed E-state index contributed by atoms with van der Waals surface area (Å²) in [6.07, 6.45) is 3.62. The van der Waals surface area contributed by atoms with Crippen molar-refractivity contribution in [2.75, 3.05) is 0 Å². The number of unbranched alkanes of at least 4 members (excludes halogenated alkanes) is 1. The summed E-state index contributed by atoms with van der Waals surface area (Å²) in [4.78, 5) is 4.29. The van der Waals surface area contributed by atoms with Gasteiger partial charge in [-0.2, -0.15) is 0 Å². The minimum absolute atomic E-state index is 0.116. The number of halogens is 2. The van der Waals surface area contributed by atoms with Gasteiger partial charge >= 0.3 is 0 Å². The van der Waals surface area contributed by atoms with Gasteiger partial charge in [-0.3, -0.25) is 4.98 Å². The highest BCUT2D eigenvalue weighted by Crippen LogP contribution is 2.22. The van der Waals surface area contributed by atoms with Gasteiger partial charge in [-0.15, -0.1) is 0 Å². The first kappa shape index (κ1) is 13.6. The van der Waals surface area contributed by atoms with Crippen LogP contribution in [0.15, 0.2) is 36.5 Å². The molecule has 0 aliphatic carbocycles. The van der Waals surface area contributed by atoms with Crippen molar-refractivity contribution in [1.82, 2.24) is 4.98 Å². The molecule has 96 valence electrons. The van der Waals surface area contributed by atoms with Gasteiger partial charge < -0.3 is 0 Å². The molecule has 0 saturated carbocycles. The van der Waals surface area contributed by atoms with Crippen LogP contribution in [0, 0.1) is 17.7 Å². The van der Waals surface area contributed by atoms with Crippen molar-refractivity contribution >= 4 is 11.6 Å². The van der Waals surface area contributed by atoms with Gasteiger partial charge in [-0.25, -0.2) is 4.39 Å². The van der Waals surface area contributed by atoms with Crippen molar-refractivity contribution in [3.8, 4) is 23.1 Å². The quantitative estimate of drug-likeness (QED) is 0.723. The number of pyridine rings is 1. The van der Waals surface area contributed by atoms with E-state index >= 15 is 0 Å². The molecule has 0 spiro atoms. The van der Waals surface area contributed by atoms with Crippen molar-refractivity contribution < 1.29 is 4.39 Å². The Labute approximate surface area is 117 Å². The Kier molecular flexibility index (Phi) is 4.54. The molecule has 1 heterocycles. The zero-order chi connectivity index (χ0) is 13.7. The molecule has 0 amide bonds. The number of rotatable bonds is 2. The molecule has 0 bridgehead atoms. The number of nitrogens with zero attached hydrogens (tertiary/aromatic N) is 1. The molecule has 0 N–H and O–H groups in total. The van der Waals surface area contributed by atoms with Crippen molar-refractivity contribution in [2.45, 2.75) is 19.8 Å². The summed E-state index contributed by atoms with van der Waals surface area (Å²) in [7, 11) is 0. The Morgan fingerprint density at radius 1 is 1.26 bits per heavy atom. The second kappa shape index (κ2) is 6.36. The van der Waals surface area contributed by atoms with Gasteiger partial charge in [0.05, 0.1) is 10.7 Å². The lowest BCUT2D eigenvalue weighted by Gasteiger charge is -2.02. The highest BCUT2D eigenvalue weighted by molar-refractivity contribution is 6.30. The molecule has 0 fully saturated rings. The Hall–Kier alpha value is -1.85. The molecule has 3 heteroatoms. The summed E-state index contributed by atoms with van der Waals surface area (Å²) in [5.41, 5.74) is 2.28. The molecule has 0 atom stereocenters. The van der Waals surface area contributed by atoms with Crippen LogP contribution in [0.2, 0.25) is 5.02 Å². The van der Waals surface area contributed by atoms with E-state index < -0.39 is 5.82 Å². The lowest BCUT2D eigenvalue weighted by atomic mass is 10.1. The van der Waals surface area contributed by atoms with Gasteiger partial charge in [-0.05, 0) is 30.7 Å². The Bertz CT molecular complexity index is 623. The van der Waals surface area contributed by atoms with Crippen LogP contribution < -0.4 is 0 Å². The lowest BCUT2D eigenvalue weighted by Crippen LogP contribution is -1.86. The first-order valence-electron chi connectivity index (χ1n) is 6.11. The third-order valence-corrected chi connectivity index (χ3v) is 2.89. The largest absolute Gasteiger partial charge is 0.255 e. The topological polar surface area (TPSA) is 12.9 Å². The minimum Gasteiger partial charge on any atom is -0.255 e. The van der Waals surface area contributed by atoms with E-state index in [-0.39, 0.29) is 5.02 Å². The maximum absolute atomic E-state index is 13.4. The molecule has 1 aromatic heterocycles. The van der Waals surface area contributed by atoms with Crippen LogP contribution in [-0.4, -0.2) is 4.98 Å². The van der Waals surface area contributed by atoms with E-state index in [0.29, 0.717) is 11.3 Å². The fourth-order valence-corrected chi connectivity index (χ4v) is 1.70. The monoisotopic (exact) mass is 273 g/mol. The molecule has 2 aromatic rings. The zero-order valence-corrected chi connectivity index (χ0v) is 11.3. The van der Waals surface area contributed by atoms with Crippen LogP contribution in [0.5, 0.6) is 0 Å². The molecule has 1 aromatic carbocycles. The predicted octanol–water partition coefficient (Wildman–Crippen LogP) is 4.69. The number of benzene rings is 1. The summed E-state index contributed by atoms with van der Waals surface area (Å²) >= 11 is 5.65. The second-order valence-corrected chi connectivity index (χ2v) is 4.52. The van der Waals surface area contributed by atoms with Crippen molar-refractivity contribution in [1.29, 1.82) is 0 Å². The summed E-state index contributed by atoms with van der Waals surface area (Å²) in [5.74, 6) is 5.66. The van der Waals surface area contributed by atoms with Crippen LogP contribution in [0.1, 0.15) is 25.3 Å². The summed E-state index contributed by atoms with van der Waals surface area (Å²) in [6.45, 7) is 2.09. The van der Waals surface area contributed by atoms with E-state index in [4.69, 9.17) is 11.6 Å². The van der Waals surface area contributed by atoms with Crippen molar-refractivity contribution in [3.05, 3.63) is 52.9 Å². The van der Waals surface area contributed by atoms with E-state index in [1.165, 1.54) is 12.1 Å². The molecular weight excluding hydrogens is 261 g/mol. The van der Waals surface area contributed by atoms with E-state index in [1.54, 1.807) is 12.3 Å². The van der Waals surface area contributed by atoms with E-state index in [9.17, 15) is 4.39 Å². The highest BCUT2D eigenvalue weighted by atomic mass is 35.5. The molecule has 0 aliphatic heterocycles. The summed E-state index contributed by atoms with van der Waals surface area (Å²) < 4.78 is 13.4. The van der Waals surface area contributed by atoms with Gasteiger partial charge in [-0.1, -0.05) is 36.4 Å². The van der Waals surface area contributed by atoms with Gasteiger partial charge in [0.15, 0.2) is 0 Å². The van der Waals surface area contributed by atoms with Crippen molar-refractivity contribution in [3.63, 3.8) is 0 Å². The van der Waals surface area contributed by atoms with Gasteiger partial charge in [0, 0.05) is 23.7 Å². The van der Waals surface area contributed by atoms with Crippen LogP contribution in [0.4, 0.5) is 4.39 Å². The maximum atomic E-state index is 13.4. The lowest BCUT2D eigenvalue weighted by molar-refractivity contribution is 0.628. The second-order valence-electron chi connectivity index (χ2n) is 4.11. The van der Waals surface area contributed by atoms with Crippen LogP contribution >= 0.6 is 11.6 Å². The Morgan fingerprint density at radius 3 is 2.74 bits per heavy atom. The van der Waals surface area contributed by atoms with Crippen molar-refractivity contribution in [2.24, 2.45) is 0 Å². The fraction of sp³-hybridized carbons (Fsp3) is 0.188. The standard InChI is InChI=1S/C16H13ClFN/c1-2-3-4-5-12-6-9-16(19-11-12)13-7-8-14(17)15(18)10-13/h6-11H,2-3H2,1H3. The Morgan fingerprint density at radius 2 is 2.11 bits per heavy atom. The normalized spacial score (nSPS) is 9.84. The molecular formula is C16H13ClFN. The molecule has 1 nitrogen and oxygen atoms in total. The molecule has 0 unspecified atom stereocenters. The summed E-state index contributed by atoms with van der Waals surface area (Å²) in [5, 5.41) is 0.116. The number of hydrogen-bond acceptors (Lipinski definition) is 1. The predicted molar refractivity (Wildman–Crippen MR) is 76.4 cm³/mol. The van der Waals surface area contributed by atoms with Crippen LogP contribution in [-0.2, 0) is 0 Å². The molecule has 0 aliphatic rings. The highest BCUT2D eigenvalue weighted by Gasteiger charge is 2.04. The first-order valence-corrected chi connectivity index (χ1v) is 6.49. The van der Waals surface area contributed by atoms with Gasteiger partial charge in [0.2, 0.25) is 0 Å². The van der Waals surface area contributed by atoms with Gasteiger partial charge in [0.1, 0.15) is 5.82 Å². The van der Waals surface area contributed by atoms with E-state index in [1.807, 2.05) is 12.1 Å². The minimum atomic E-state index is -0.437. The molecule has 0 saturated heterocycles. The Balaban J connectivity index is 2.23. The molecule has 19 heavy (non-hydrogen) atoms. The fourth-order valence-electron chi connectivity index (χ4n) is 1.58. The smallest absolute Gasteiger partial charge is 0.142 e. The first-order chi connectivity index (χ1) is 9.20. The van der Waals surface area contributed by atoms with Gasteiger partial charge in [0.25, 0.3) is 0 Å². The van der Waals surface area contributed by atoms with E-state index in [2.05, 4.69) is 23.7 Å².